The van der Waals surface area contributed by atoms with Crippen molar-refractivity contribution in [3.05, 3.63) is 22.7 Å². The van der Waals surface area contributed by atoms with E-state index in [0.717, 1.165) is 5.56 Å². The van der Waals surface area contributed by atoms with Crippen molar-refractivity contribution >= 4 is 23.2 Å². The SMILES string of the molecule is CC(C)C(=O)Nc1cc(Cl)cc(C(C)C)c1O. The fourth-order valence-corrected chi connectivity index (χ4v) is 1.66. The van der Waals surface area contributed by atoms with Gasteiger partial charge >= 0.3 is 0 Å². The number of anilines is 1. The third kappa shape index (κ3) is 3.37. The summed E-state index contributed by atoms with van der Waals surface area (Å²) >= 11 is 5.97. The van der Waals surface area contributed by atoms with Gasteiger partial charge in [0.25, 0.3) is 0 Å². The molecule has 0 unspecified atom stereocenters. The van der Waals surface area contributed by atoms with E-state index in [0.29, 0.717) is 10.7 Å². The smallest absolute Gasteiger partial charge is 0.227 e. The number of phenols is 1. The molecule has 1 amide bonds. The van der Waals surface area contributed by atoms with Gasteiger partial charge in [-0.2, -0.15) is 0 Å². The Hall–Kier alpha value is -1.22. The molecule has 0 saturated heterocycles. The van der Waals surface area contributed by atoms with Gasteiger partial charge in [0.1, 0.15) is 5.75 Å². The van der Waals surface area contributed by atoms with Crippen molar-refractivity contribution < 1.29 is 9.90 Å². The van der Waals surface area contributed by atoms with Crippen molar-refractivity contribution in [3.8, 4) is 5.75 Å². The first kappa shape index (κ1) is 13.8. The summed E-state index contributed by atoms with van der Waals surface area (Å²) in [5.74, 6) is -0.0463. The van der Waals surface area contributed by atoms with E-state index in [9.17, 15) is 9.90 Å². The number of amides is 1. The highest BCUT2D eigenvalue weighted by Crippen LogP contribution is 2.36. The second-order valence-electron chi connectivity index (χ2n) is 4.69. The highest BCUT2D eigenvalue weighted by molar-refractivity contribution is 6.31. The first-order valence-electron chi connectivity index (χ1n) is 5.66. The number of phenolic OH excluding ortho intramolecular Hbond substituents is 1. The van der Waals surface area contributed by atoms with E-state index in [1.54, 1.807) is 26.0 Å². The Balaban J connectivity index is 3.12. The van der Waals surface area contributed by atoms with Gasteiger partial charge in [0.05, 0.1) is 5.69 Å². The average Bonchev–Trinajstić information content (AvgIpc) is 2.22. The molecule has 0 aliphatic heterocycles. The van der Waals surface area contributed by atoms with Gasteiger partial charge in [-0.1, -0.05) is 39.3 Å². The number of rotatable bonds is 3. The Bertz CT molecular complexity index is 428. The molecule has 0 radical (unpaired) electrons. The molecule has 17 heavy (non-hydrogen) atoms. The van der Waals surface area contributed by atoms with Crippen molar-refractivity contribution in [1.82, 2.24) is 0 Å². The number of carbonyl (C=O) groups is 1. The molecular formula is C13H18ClNO2. The van der Waals surface area contributed by atoms with Crippen LogP contribution in [-0.2, 0) is 4.79 Å². The predicted molar refractivity (Wildman–Crippen MR) is 70.7 cm³/mol. The van der Waals surface area contributed by atoms with Crippen LogP contribution in [0.3, 0.4) is 0 Å². The van der Waals surface area contributed by atoms with Crippen LogP contribution in [0.2, 0.25) is 5.02 Å². The lowest BCUT2D eigenvalue weighted by Gasteiger charge is -2.15. The van der Waals surface area contributed by atoms with Crippen LogP contribution in [0.25, 0.3) is 0 Å². The maximum absolute atomic E-state index is 11.6. The van der Waals surface area contributed by atoms with Crippen LogP contribution in [0.5, 0.6) is 5.75 Å². The summed E-state index contributed by atoms with van der Waals surface area (Å²) in [4.78, 5) is 11.6. The molecule has 0 aromatic heterocycles. The van der Waals surface area contributed by atoms with Crippen LogP contribution < -0.4 is 5.32 Å². The lowest BCUT2D eigenvalue weighted by molar-refractivity contribution is -0.118. The van der Waals surface area contributed by atoms with Gasteiger partial charge in [-0.3, -0.25) is 4.79 Å². The minimum absolute atomic E-state index is 0.0957. The lowest BCUT2D eigenvalue weighted by atomic mass is 10.0. The van der Waals surface area contributed by atoms with Crippen LogP contribution in [-0.4, -0.2) is 11.0 Å². The Morgan fingerprint density at radius 1 is 1.29 bits per heavy atom. The molecule has 94 valence electrons. The fourth-order valence-electron chi connectivity index (χ4n) is 1.43. The van der Waals surface area contributed by atoms with Gasteiger partial charge in [0.15, 0.2) is 0 Å². The zero-order chi connectivity index (χ0) is 13.2. The second-order valence-corrected chi connectivity index (χ2v) is 5.13. The molecule has 1 aromatic carbocycles. The molecule has 1 aromatic rings. The van der Waals surface area contributed by atoms with Crippen molar-refractivity contribution in [2.24, 2.45) is 5.92 Å². The number of carbonyl (C=O) groups excluding carboxylic acids is 1. The maximum atomic E-state index is 11.6. The van der Waals surface area contributed by atoms with E-state index in [4.69, 9.17) is 11.6 Å². The van der Waals surface area contributed by atoms with E-state index in [1.165, 1.54) is 0 Å². The normalized spacial score (nSPS) is 11.0. The van der Waals surface area contributed by atoms with Crippen LogP contribution in [0, 0.1) is 5.92 Å². The largest absolute Gasteiger partial charge is 0.505 e. The van der Waals surface area contributed by atoms with Gasteiger partial charge in [-0.05, 0) is 18.1 Å². The van der Waals surface area contributed by atoms with Gasteiger partial charge < -0.3 is 10.4 Å². The van der Waals surface area contributed by atoms with E-state index < -0.39 is 0 Å². The zero-order valence-corrected chi connectivity index (χ0v) is 11.3. The van der Waals surface area contributed by atoms with E-state index in [-0.39, 0.29) is 23.5 Å². The number of hydrogen-bond donors (Lipinski definition) is 2. The number of halogens is 1. The van der Waals surface area contributed by atoms with Gasteiger partial charge in [0, 0.05) is 16.5 Å². The number of aromatic hydroxyl groups is 1. The van der Waals surface area contributed by atoms with Gasteiger partial charge in [-0.15, -0.1) is 0 Å². The number of hydrogen-bond acceptors (Lipinski definition) is 2. The van der Waals surface area contributed by atoms with Crippen molar-refractivity contribution in [2.45, 2.75) is 33.6 Å². The second kappa shape index (κ2) is 5.41. The van der Waals surface area contributed by atoms with Crippen LogP contribution in [0.15, 0.2) is 12.1 Å². The third-order valence-electron chi connectivity index (χ3n) is 2.51. The zero-order valence-electron chi connectivity index (χ0n) is 10.5. The Morgan fingerprint density at radius 2 is 1.88 bits per heavy atom. The van der Waals surface area contributed by atoms with Crippen molar-refractivity contribution in [2.75, 3.05) is 5.32 Å². The summed E-state index contributed by atoms with van der Waals surface area (Å²) in [5.41, 5.74) is 1.11. The van der Waals surface area contributed by atoms with Crippen molar-refractivity contribution in [1.29, 1.82) is 0 Å². The minimum atomic E-state index is -0.143. The minimum Gasteiger partial charge on any atom is -0.505 e. The van der Waals surface area contributed by atoms with Crippen molar-refractivity contribution in [3.63, 3.8) is 0 Å². The molecule has 0 aliphatic carbocycles. The molecule has 0 spiro atoms. The molecule has 2 N–H and O–H groups in total. The van der Waals surface area contributed by atoms with Gasteiger partial charge in [0.2, 0.25) is 5.91 Å². The highest BCUT2D eigenvalue weighted by Gasteiger charge is 2.15. The molecule has 0 atom stereocenters. The lowest BCUT2D eigenvalue weighted by Crippen LogP contribution is -2.18. The summed E-state index contributed by atoms with van der Waals surface area (Å²) in [6.07, 6.45) is 0. The highest BCUT2D eigenvalue weighted by atomic mass is 35.5. The Morgan fingerprint density at radius 3 is 2.35 bits per heavy atom. The molecule has 0 heterocycles. The number of benzene rings is 1. The van der Waals surface area contributed by atoms with Crippen LogP contribution in [0.1, 0.15) is 39.2 Å². The third-order valence-corrected chi connectivity index (χ3v) is 2.73. The first-order chi connectivity index (χ1) is 7.82. The Labute approximate surface area is 107 Å². The quantitative estimate of drug-likeness (QED) is 0.808. The van der Waals surface area contributed by atoms with Crippen LogP contribution in [0.4, 0.5) is 5.69 Å². The summed E-state index contributed by atoms with van der Waals surface area (Å²) in [5, 5.41) is 13.2. The monoisotopic (exact) mass is 255 g/mol. The summed E-state index contributed by atoms with van der Waals surface area (Å²) in [6.45, 7) is 7.50. The van der Waals surface area contributed by atoms with E-state index >= 15 is 0 Å². The maximum Gasteiger partial charge on any atom is 0.227 e. The molecule has 1 rings (SSSR count). The van der Waals surface area contributed by atoms with Crippen LogP contribution >= 0.6 is 11.6 Å². The van der Waals surface area contributed by atoms with E-state index in [1.807, 2.05) is 13.8 Å². The molecule has 0 saturated carbocycles. The summed E-state index contributed by atoms with van der Waals surface area (Å²) < 4.78 is 0. The molecule has 0 aliphatic rings. The topological polar surface area (TPSA) is 49.3 Å². The Kier molecular flexibility index (Phi) is 4.40. The first-order valence-corrected chi connectivity index (χ1v) is 6.04. The standard InChI is InChI=1S/C13H18ClNO2/c1-7(2)10-5-9(14)6-11(12(10)16)15-13(17)8(3)4/h5-8,16H,1-4H3,(H,15,17). The predicted octanol–water partition coefficient (Wildman–Crippen LogP) is 3.76. The molecular weight excluding hydrogens is 238 g/mol. The number of nitrogens with one attached hydrogen (secondary N) is 1. The summed E-state index contributed by atoms with van der Waals surface area (Å²) in [7, 11) is 0. The molecule has 0 bridgehead atoms. The molecule has 0 fully saturated rings. The fraction of sp³-hybridized carbons (Fsp3) is 0.462. The molecule has 4 heteroatoms. The average molecular weight is 256 g/mol. The van der Waals surface area contributed by atoms with E-state index in [2.05, 4.69) is 5.32 Å². The van der Waals surface area contributed by atoms with Gasteiger partial charge in [-0.25, -0.2) is 0 Å². The summed E-state index contributed by atoms with van der Waals surface area (Å²) in [6, 6.07) is 3.27. The molecule has 3 nitrogen and oxygen atoms in total.